The molecular weight excluding hydrogens is 474 g/mol. The molecular formula is C23H22BrN5O3. The van der Waals surface area contributed by atoms with E-state index in [1.165, 1.54) is 7.11 Å². The minimum Gasteiger partial charge on any atom is -0.469 e. The largest absolute Gasteiger partial charge is 0.469 e. The molecule has 1 saturated heterocycles. The van der Waals surface area contributed by atoms with E-state index in [2.05, 4.69) is 31.0 Å². The highest BCUT2D eigenvalue weighted by Gasteiger charge is 2.27. The molecule has 8 nitrogen and oxygen atoms in total. The van der Waals surface area contributed by atoms with Crippen LogP contribution in [0.5, 0.6) is 0 Å². The lowest BCUT2D eigenvalue weighted by Crippen LogP contribution is -2.30. The second-order valence-electron chi connectivity index (χ2n) is 7.87. The highest BCUT2D eigenvalue weighted by atomic mass is 79.9. The van der Waals surface area contributed by atoms with Crippen LogP contribution in [0.2, 0.25) is 0 Å². The number of methoxy groups -OCH3 is 1. The van der Waals surface area contributed by atoms with Gasteiger partial charge in [-0.05, 0) is 36.6 Å². The van der Waals surface area contributed by atoms with Gasteiger partial charge in [-0.1, -0.05) is 46.3 Å². The van der Waals surface area contributed by atoms with Crippen molar-refractivity contribution in [3.63, 3.8) is 0 Å². The van der Waals surface area contributed by atoms with Crippen LogP contribution in [0.3, 0.4) is 0 Å². The summed E-state index contributed by atoms with van der Waals surface area (Å²) in [7, 11) is 1.35. The second kappa shape index (κ2) is 8.38. The maximum absolute atomic E-state index is 13.8. The van der Waals surface area contributed by atoms with Crippen LogP contribution in [0.1, 0.15) is 30.9 Å². The fourth-order valence-electron chi connectivity index (χ4n) is 4.41. The summed E-state index contributed by atoms with van der Waals surface area (Å²) in [5.41, 5.74) is 1.33. The highest BCUT2D eigenvalue weighted by molar-refractivity contribution is 9.10. The van der Waals surface area contributed by atoms with Gasteiger partial charge in [-0.3, -0.25) is 14.2 Å². The molecule has 0 bridgehead atoms. The van der Waals surface area contributed by atoms with Gasteiger partial charge in [0.1, 0.15) is 0 Å². The van der Waals surface area contributed by atoms with Crippen LogP contribution in [0.4, 0.5) is 5.95 Å². The zero-order valence-corrected chi connectivity index (χ0v) is 19.2. The van der Waals surface area contributed by atoms with Gasteiger partial charge in [0.2, 0.25) is 11.7 Å². The second-order valence-corrected chi connectivity index (χ2v) is 8.79. The lowest BCUT2D eigenvalue weighted by Gasteiger charge is -2.22. The SMILES string of the molecule is COC(=O)CC(c1ccccc1)n1c(=O)c2cc(Br)ccc2n2c(N3CCCC3)nnc12. The van der Waals surface area contributed by atoms with Crippen molar-refractivity contribution in [1.82, 2.24) is 19.2 Å². The normalized spacial score (nSPS) is 14.9. The van der Waals surface area contributed by atoms with E-state index in [1.807, 2.05) is 52.9 Å². The first-order valence-electron chi connectivity index (χ1n) is 10.5. The summed E-state index contributed by atoms with van der Waals surface area (Å²) in [4.78, 5) is 28.3. The summed E-state index contributed by atoms with van der Waals surface area (Å²) in [6.45, 7) is 1.78. The fraction of sp³-hybridized carbons (Fsp3) is 0.304. The molecule has 1 atom stereocenters. The Kier molecular flexibility index (Phi) is 5.42. The number of esters is 1. The molecule has 5 rings (SSSR count). The van der Waals surface area contributed by atoms with Crippen molar-refractivity contribution in [2.24, 2.45) is 0 Å². The van der Waals surface area contributed by atoms with Gasteiger partial charge < -0.3 is 9.64 Å². The molecule has 2 aromatic heterocycles. The van der Waals surface area contributed by atoms with E-state index in [9.17, 15) is 9.59 Å². The first kappa shape index (κ1) is 20.7. The first-order chi connectivity index (χ1) is 15.6. The molecule has 0 saturated carbocycles. The van der Waals surface area contributed by atoms with E-state index in [0.717, 1.165) is 41.5 Å². The van der Waals surface area contributed by atoms with E-state index in [1.54, 1.807) is 4.57 Å². The first-order valence-corrected chi connectivity index (χ1v) is 11.3. The van der Waals surface area contributed by atoms with Crippen LogP contribution >= 0.6 is 15.9 Å². The number of benzene rings is 2. The van der Waals surface area contributed by atoms with Gasteiger partial charge in [0.15, 0.2) is 0 Å². The van der Waals surface area contributed by atoms with Crippen LogP contribution in [-0.4, -0.2) is 45.3 Å². The maximum Gasteiger partial charge on any atom is 0.307 e. The topological polar surface area (TPSA) is 81.7 Å². The summed E-state index contributed by atoms with van der Waals surface area (Å²) in [6.07, 6.45) is 2.18. The Bertz CT molecular complexity index is 1360. The Labute approximate surface area is 192 Å². The molecule has 0 radical (unpaired) electrons. The van der Waals surface area contributed by atoms with Crippen molar-refractivity contribution in [2.75, 3.05) is 25.1 Å². The van der Waals surface area contributed by atoms with Gasteiger partial charge in [-0.25, -0.2) is 4.40 Å². The molecule has 164 valence electrons. The van der Waals surface area contributed by atoms with Crippen molar-refractivity contribution in [3.8, 4) is 0 Å². The Morgan fingerprint density at radius 3 is 2.59 bits per heavy atom. The minimum atomic E-state index is -0.586. The van der Waals surface area contributed by atoms with Gasteiger partial charge in [-0.15, -0.1) is 10.2 Å². The third-order valence-electron chi connectivity index (χ3n) is 5.97. The fourth-order valence-corrected chi connectivity index (χ4v) is 4.77. The predicted molar refractivity (Wildman–Crippen MR) is 125 cm³/mol. The average molecular weight is 496 g/mol. The number of carbonyl (C=O) groups is 1. The van der Waals surface area contributed by atoms with Crippen molar-refractivity contribution in [2.45, 2.75) is 25.3 Å². The smallest absolute Gasteiger partial charge is 0.307 e. The lowest BCUT2D eigenvalue weighted by atomic mass is 10.0. The Morgan fingerprint density at radius 1 is 1.12 bits per heavy atom. The molecule has 9 heteroatoms. The van der Waals surface area contributed by atoms with Crippen molar-refractivity contribution < 1.29 is 9.53 Å². The molecule has 0 aliphatic carbocycles. The molecule has 2 aromatic carbocycles. The number of hydrogen-bond donors (Lipinski definition) is 0. The molecule has 4 aromatic rings. The van der Waals surface area contributed by atoms with Gasteiger partial charge in [0, 0.05) is 17.6 Å². The molecule has 32 heavy (non-hydrogen) atoms. The summed E-state index contributed by atoms with van der Waals surface area (Å²) in [6, 6.07) is 14.5. The van der Waals surface area contributed by atoms with Crippen LogP contribution in [0.15, 0.2) is 57.8 Å². The zero-order valence-electron chi connectivity index (χ0n) is 17.6. The molecule has 0 amide bonds. The Morgan fingerprint density at radius 2 is 1.88 bits per heavy atom. The van der Waals surface area contributed by atoms with Gasteiger partial charge in [0.05, 0.1) is 30.5 Å². The van der Waals surface area contributed by atoms with Crippen molar-refractivity contribution in [1.29, 1.82) is 0 Å². The monoisotopic (exact) mass is 495 g/mol. The molecule has 1 unspecified atom stereocenters. The standard InChI is InChI=1S/C23H22BrN5O3/c1-32-20(30)14-19(15-7-3-2-4-8-15)28-21(31)17-13-16(24)9-10-18(17)29-22(25-26-23(28)29)27-11-5-6-12-27/h2-4,7-10,13,19H,5-6,11-12,14H2,1H3. The number of nitrogens with zero attached hydrogens (tertiary/aromatic N) is 5. The van der Waals surface area contributed by atoms with E-state index in [4.69, 9.17) is 4.74 Å². The number of aromatic nitrogens is 4. The number of hydrogen-bond acceptors (Lipinski definition) is 6. The number of fused-ring (bicyclic) bond motifs is 3. The van der Waals surface area contributed by atoms with Crippen LogP contribution < -0.4 is 10.5 Å². The number of rotatable bonds is 5. The Balaban J connectivity index is 1.85. The van der Waals surface area contributed by atoms with E-state index in [-0.39, 0.29) is 12.0 Å². The van der Waals surface area contributed by atoms with E-state index >= 15 is 0 Å². The van der Waals surface area contributed by atoms with E-state index < -0.39 is 12.0 Å². The third-order valence-corrected chi connectivity index (χ3v) is 6.46. The third kappa shape index (κ3) is 3.46. The van der Waals surface area contributed by atoms with Gasteiger partial charge >= 0.3 is 5.97 Å². The predicted octanol–water partition coefficient (Wildman–Crippen LogP) is 3.56. The van der Waals surface area contributed by atoms with Crippen LogP contribution in [-0.2, 0) is 9.53 Å². The van der Waals surface area contributed by atoms with Crippen LogP contribution in [0.25, 0.3) is 16.7 Å². The number of anilines is 1. The van der Waals surface area contributed by atoms with Gasteiger partial charge in [0.25, 0.3) is 5.56 Å². The van der Waals surface area contributed by atoms with Gasteiger partial charge in [-0.2, -0.15) is 0 Å². The molecule has 1 aliphatic heterocycles. The van der Waals surface area contributed by atoms with Crippen molar-refractivity contribution >= 4 is 44.5 Å². The number of carbonyl (C=O) groups excluding carboxylic acids is 1. The Hall–Kier alpha value is -3.20. The quantitative estimate of drug-likeness (QED) is 0.393. The summed E-state index contributed by atoms with van der Waals surface area (Å²) >= 11 is 3.49. The summed E-state index contributed by atoms with van der Waals surface area (Å²) in [5.74, 6) is 0.713. The summed E-state index contributed by atoms with van der Waals surface area (Å²) in [5, 5.41) is 9.45. The number of ether oxygens (including phenoxy) is 1. The molecule has 0 spiro atoms. The van der Waals surface area contributed by atoms with Crippen LogP contribution in [0, 0.1) is 0 Å². The van der Waals surface area contributed by atoms with E-state index in [0.29, 0.717) is 17.1 Å². The molecule has 1 aliphatic rings. The minimum absolute atomic E-state index is 0.00149. The maximum atomic E-state index is 13.8. The number of halogens is 1. The zero-order chi connectivity index (χ0) is 22.2. The lowest BCUT2D eigenvalue weighted by molar-refractivity contribution is -0.141. The van der Waals surface area contributed by atoms with Crippen molar-refractivity contribution in [3.05, 3.63) is 68.9 Å². The average Bonchev–Trinajstić information content (AvgIpc) is 3.49. The highest BCUT2D eigenvalue weighted by Crippen LogP contribution is 2.29. The molecule has 1 fully saturated rings. The summed E-state index contributed by atoms with van der Waals surface area (Å²) < 4.78 is 9.26. The molecule has 0 N–H and O–H groups in total. The molecule has 3 heterocycles.